The largest absolute Gasteiger partial charge is 0.434 e. The molecule has 1 aliphatic heterocycles. The van der Waals surface area contributed by atoms with Crippen molar-refractivity contribution in [3.8, 4) is 0 Å². The maximum atomic E-state index is 13.9. The summed E-state index contributed by atoms with van der Waals surface area (Å²) in [6.07, 6.45) is -3.28. The Hall–Kier alpha value is -2.86. The second kappa shape index (κ2) is 10.5. The van der Waals surface area contributed by atoms with Crippen LogP contribution in [0, 0.1) is 28.6 Å². The first-order chi connectivity index (χ1) is 18.1. The summed E-state index contributed by atoms with van der Waals surface area (Å²) in [5, 5.41) is 4.95. The number of carbonyl (C=O) groups is 5. The monoisotopic (exact) mass is 574 g/mol. The minimum atomic E-state index is -4.84. The van der Waals surface area contributed by atoms with E-state index in [0.717, 1.165) is 19.3 Å². The minimum Gasteiger partial charge on any atom is -0.434 e. The second-order valence-electron chi connectivity index (χ2n) is 13.6. The average Bonchev–Trinajstić information content (AvgIpc) is 3.10. The van der Waals surface area contributed by atoms with Crippen molar-refractivity contribution >= 4 is 29.6 Å². The first-order valence-corrected chi connectivity index (χ1v) is 13.6. The number of amides is 4. The fourth-order valence-corrected chi connectivity index (χ4v) is 5.79. The number of nitrogens with zero attached hydrogens (tertiary/aromatic N) is 1. The van der Waals surface area contributed by atoms with E-state index in [1.165, 1.54) is 4.90 Å². The van der Waals surface area contributed by atoms with Gasteiger partial charge in [-0.25, -0.2) is 4.79 Å². The Kier molecular flexibility index (Phi) is 8.33. The standard InChI is InChI=1S/C27H41F3N4O6/c1-24(2,3)19(33-23(39)40-26(6,7)27(28,29)30)22(38)34-12-14-16(25(14,4)5)17(34)21(37)32-15(18(35)20(31)36)11-13-9-8-10-13/h13-17,19H,8-12H2,1-7H3,(H2,31,36)(H,32,37)(H,33,39)/t14-,15?,16?,17-,19+/m0/s1. The molecule has 0 aromatic carbocycles. The number of rotatable bonds is 9. The number of hydrogen-bond donors (Lipinski definition) is 3. The van der Waals surface area contributed by atoms with Gasteiger partial charge in [-0.3, -0.25) is 19.2 Å². The topological polar surface area (TPSA) is 148 Å². The van der Waals surface area contributed by atoms with Crippen molar-refractivity contribution in [1.82, 2.24) is 15.5 Å². The van der Waals surface area contributed by atoms with Crippen molar-refractivity contribution in [3.63, 3.8) is 0 Å². The Morgan fingerprint density at radius 2 is 1.60 bits per heavy atom. The van der Waals surface area contributed by atoms with Gasteiger partial charge in [0.15, 0.2) is 0 Å². The lowest BCUT2D eigenvalue weighted by atomic mass is 9.80. The maximum absolute atomic E-state index is 13.9. The van der Waals surface area contributed by atoms with Crippen LogP contribution in [0.25, 0.3) is 0 Å². The average molecular weight is 575 g/mol. The Bertz CT molecular complexity index is 1060. The van der Waals surface area contributed by atoms with Gasteiger partial charge in [0, 0.05) is 6.54 Å². The van der Waals surface area contributed by atoms with Gasteiger partial charge in [-0.15, -0.1) is 0 Å². The molecular weight excluding hydrogens is 533 g/mol. The van der Waals surface area contributed by atoms with Crippen LogP contribution in [-0.2, 0) is 23.9 Å². The van der Waals surface area contributed by atoms with E-state index < -0.39 is 64.9 Å². The van der Waals surface area contributed by atoms with Gasteiger partial charge < -0.3 is 26.0 Å². The van der Waals surface area contributed by atoms with Crippen molar-refractivity contribution in [3.05, 3.63) is 0 Å². The number of ketones is 1. The smallest absolute Gasteiger partial charge is 0.427 e. The summed E-state index contributed by atoms with van der Waals surface area (Å²) >= 11 is 0. The molecule has 0 radical (unpaired) electrons. The molecule has 2 unspecified atom stereocenters. The third kappa shape index (κ3) is 6.22. The Balaban J connectivity index is 1.83. The van der Waals surface area contributed by atoms with Crippen LogP contribution < -0.4 is 16.4 Å². The highest BCUT2D eigenvalue weighted by molar-refractivity contribution is 6.37. The van der Waals surface area contributed by atoms with Crippen molar-refractivity contribution in [2.75, 3.05) is 6.54 Å². The number of fused-ring (bicyclic) bond motifs is 1. The number of ether oxygens (including phenoxy) is 1. The van der Waals surface area contributed by atoms with E-state index in [0.29, 0.717) is 13.8 Å². The highest BCUT2D eigenvalue weighted by Gasteiger charge is 2.70. The van der Waals surface area contributed by atoms with E-state index >= 15 is 0 Å². The summed E-state index contributed by atoms with van der Waals surface area (Å²) in [4.78, 5) is 65.6. The van der Waals surface area contributed by atoms with Gasteiger partial charge in [0.2, 0.25) is 23.2 Å². The number of halogens is 3. The van der Waals surface area contributed by atoms with E-state index in [-0.39, 0.29) is 36.1 Å². The number of hydrogen-bond acceptors (Lipinski definition) is 6. The van der Waals surface area contributed by atoms with Gasteiger partial charge in [-0.1, -0.05) is 53.9 Å². The number of likely N-dealkylation sites (tertiary alicyclic amines) is 1. The normalized spacial score (nSPS) is 25.6. The molecule has 4 amide bonds. The van der Waals surface area contributed by atoms with Crippen LogP contribution in [0.15, 0.2) is 0 Å². The number of carbonyl (C=O) groups excluding carboxylic acids is 5. The number of primary amides is 1. The lowest BCUT2D eigenvalue weighted by Gasteiger charge is -2.38. The third-order valence-corrected chi connectivity index (χ3v) is 8.84. The summed E-state index contributed by atoms with van der Waals surface area (Å²) in [6, 6.07) is -3.45. The van der Waals surface area contributed by atoms with E-state index in [1.807, 2.05) is 13.8 Å². The predicted octanol–water partition coefficient (Wildman–Crippen LogP) is 2.68. The summed E-state index contributed by atoms with van der Waals surface area (Å²) in [6.45, 7) is 10.4. The zero-order valence-electron chi connectivity index (χ0n) is 24.1. The molecule has 3 fully saturated rings. The van der Waals surface area contributed by atoms with Gasteiger partial charge in [0.1, 0.15) is 12.1 Å². The highest BCUT2D eigenvalue weighted by Crippen LogP contribution is 2.65. The van der Waals surface area contributed by atoms with Crippen LogP contribution in [0.1, 0.15) is 74.1 Å². The molecule has 40 heavy (non-hydrogen) atoms. The molecule has 0 bridgehead atoms. The molecule has 10 nitrogen and oxygen atoms in total. The molecule has 3 rings (SSSR count). The van der Waals surface area contributed by atoms with Crippen molar-refractivity contribution < 1.29 is 41.9 Å². The number of Topliss-reactive ketones (excluding diaryl/α,β-unsaturated/α-hetero) is 1. The van der Waals surface area contributed by atoms with Crippen LogP contribution >= 0.6 is 0 Å². The van der Waals surface area contributed by atoms with Crippen LogP contribution in [-0.4, -0.2) is 70.9 Å². The lowest BCUT2D eigenvalue weighted by Crippen LogP contribution is -2.61. The molecule has 5 atom stereocenters. The van der Waals surface area contributed by atoms with Gasteiger partial charge in [-0.2, -0.15) is 13.2 Å². The van der Waals surface area contributed by atoms with Crippen LogP contribution in [0.5, 0.6) is 0 Å². The first-order valence-electron chi connectivity index (χ1n) is 13.6. The summed E-state index contributed by atoms with van der Waals surface area (Å²) in [7, 11) is 0. The number of alkyl carbamates (subject to hydrolysis) is 1. The summed E-state index contributed by atoms with van der Waals surface area (Å²) in [5.74, 6) is -3.46. The molecule has 0 aromatic rings. The zero-order valence-corrected chi connectivity index (χ0v) is 24.1. The molecule has 2 saturated carbocycles. The van der Waals surface area contributed by atoms with Crippen molar-refractivity contribution in [1.29, 1.82) is 0 Å². The molecular formula is C27H41F3N4O6. The van der Waals surface area contributed by atoms with Crippen molar-refractivity contribution in [2.24, 2.45) is 34.3 Å². The summed E-state index contributed by atoms with van der Waals surface area (Å²) in [5.41, 5.74) is 1.19. The van der Waals surface area contributed by atoms with E-state index in [9.17, 15) is 37.1 Å². The maximum Gasteiger partial charge on any atom is 0.427 e. The number of alkyl halides is 3. The van der Waals surface area contributed by atoms with Gasteiger partial charge in [0.25, 0.3) is 5.91 Å². The summed E-state index contributed by atoms with van der Waals surface area (Å²) < 4.78 is 44.4. The molecule has 13 heteroatoms. The quantitative estimate of drug-likeness (QED) is 0.361. The van der Waals surface area contributed by atoms with Crippen LogP contribution in [0.4, 0.5) is 18.0 Å². The van der Waals surface area contributed by atoms with E-state index in [1.54, 1.807) is 20.8 Å². The fourth-order valence-electron chi connectivity index (χ4n) is 5.79. The number of nitrogens with two attached hydrogens (primary N) is 1. The molecule has 1 heterocycles. The molecule has 0 aromatic heterocycles. The number of piperidine rings is 1. The van der Waals surface area contributed by atoms with E-state index in [4.69, 9.17) is 5.73 Å². The first kappa shape index (κ1) is 31.7. The van der Waals surface area contributed by atoms with Crippen molar-refractivity contribution in [2.45, 2.75) is 104 Å². The molecule has 0 spiro atoms. The Morgan fingerprint density at radius 3 is 2.05 bits per heavy atom. The number of nitrogens with one attached hydrogen (secondary N) is 2. The predicted molar refractivity (Wildman–Crippen MR) is 137 cm³/mol. The van der Waals surface area contributed by atoms with Gasteiger partial charge in [-0.05, 0) is 48.9 Å². The highest BCUT2D eigenvalue weighted by atomic mass is 19.4. The third-order valence-electron chi connectivity index (χ3n) is 8.84. The lowest BCUT2D eigenvalue weighted by molar-refractivity contribution is -0.244. The second-order valence-corrected chi connectivity index (χ2v) is 13.6. The molecule has 1 saturated heterocycles. The van der Waals surface area contributed by atoms with Crippen LogP contribution in [0.2, 0.25) is 0 Å². The van der Waals surface area contributed by atoms with Gasteiger partial charge >= 0.3 is 12.3 Å². The molecule has 2 aliphatic carbocycles. The van der Waals surface area contributed by atoms with Crippen LogP contribution in [0.3, 0.4) is 0 Å². The van der Waals surface area contributed by atoms with E-state index in [2.05, 4.69) is 15.4 Å². The minimum absolute atomic E-state index is 0.0409. The van der Waals surface area contributed by atoms with Gasteiger partial charge in [0.05, 0.1) is 6.04 Å². The molecule has 4 N–H and O–H groups in total. The Morgan fingerprint density at radius 1 is 1.02 bits per heavy atom. The Labute approximate surface area is 232 Å². The molecule has 3 aliphatic rings. The molecule has 226 valence electrons. The zero-order chi connectivity index (χ0) is 30.6. The fraction of sp³-hybridized carbons (Fsp3) is 0.815. The SMILES string of the molecule is CC(C)(C)[C@H](NC(=O)OC(C)(C)C(F)(F)F)C(=O)N1C[C@H]2C([C@H]1C(=O)NC(CC1CCC1)C(=O)C(N)=O)C2(C)C.